The van der Waals surface area contributed by atoms with Crippen molar-refractivity contribution < 1.29 is 9.18 Å². The van der Waals surface area contributed by atoms with Crippen LogP contribution in [0.1, 0.15) is 22.7 Å². The van der Waals surface area contributed by atoms with Crippen molar-refractivity contribution in [2.45, 2.75) is 13.0 Å². The van der Waals surface area contributed by atoms with Crippen LogP contribution < -0.4 is 11.1 Å². The van der Waals surface area contributed by atoms with Crippen LogP contribution in [-0.4, -0.2) is 5.91 Å². The highest BCUT2D eigenvalue weighted by Gasteiger charge is 2.19. The van der Waals surface area contributed by atoms with E-state index in [0.717, 1.165) is 11.6 Å². The van der Waals surface area contributed by atoms with Gasteiger partial charge < -0.3 is 11.1 Å². The van der Waals surface area contributed by atoms with E-state index >= 15 is 0 Å². The van der Waals surface area contributed by atoms with Crippen molar-refractivity contribution in [3.63, 3.8) is 0 Å². The van der Waals surface area contributed by atoms with Gasteiger partial charge in [-0.05, 0) is 36.8 Å². The van der Waals surface area contributed by atoms with Gasteiger partial charge in [0, 0.05) is 5.69 Å². The van der Waals surface area contributed by atoms with Crippen LogP contribution >= 0.6 is 0 Å². The van der Waals surface area contributed by atoms with Gasteiger partial charge >= 0.3 is 0 Å². The van der Waals surface area contributed by atoms with Crippen molar-refractivity contribution in [1.29, 1.82) is 5.26 Å². The number of hydrogen-bond donors (Lipinski definition) is 2. The number of nitrogens with two attached hydrogens (primary N) is 1. The van der Waals surface area contributed by atoms with Gasteiger partial charge in [-0.25, -0.2) is 4.39 Å². The zero-order valence-electron chi connectivity index (χ0n) is 11.4. The Bertz CT molecular complexity index is 704. The molecule has 0 aromatic heterocycles. The Morgan fingerprint density at radius 3 is 2.52 bits per heavy atom. The maximum absolute atomic E-state index is 13.3. The molecule has 0 radical (unpaired) electrons. The standard InChI is InChI=1S/C16H14FN3O/c1-10-2-5-13(6-3-10)20-15(16(19)21)11-4-7-14(17)12(8-11)9-18/h2-8,15,20H,1H3,(H2,19,21). The van der Waals surface area contributed by atoms with E-state index in [4.69, 9.17) is 11.0 Å². The summed E-state index contributed by atoms with van der Waals surface area (Å²) in [5, 5.41) is 11.8. The minimum absolute atomic E-state index is 0.121. The number of nitriles is 1. The molecule has 0 saturated carbocycles. The van der Waals surface area contributed by atoms with E-state index in [1.54, 1.807) is 6.07 Å². The van der Waals surface area contributed by atoms with Gasteiger partial charge in [0.2, 0.25) is 5.91 Å². The monoisotopic (exact) mass is 283 g/mol. The summed E-state index contributed by atoms with van der Waals surface area (Å²) in [6.45, 7) is 1.95. The van der Waals surface area contributed by atoms with Crippen LogP contribution in [0.4, 0.5) is 10.1 Å². The van der Waals surface area contributed by atoms with Crippen molar-refractivity contribution in [2.24, 2.45) is 5.73 Å². The van der Waals surface area contributed by atoms with Crippen molar-refractivity contribution in [1.82, 2.24) is 0 Å². The van der Waals surface area contributed by atoms with Gasteiger partial charge in [-0.15, -0.1) is 0 Å². The third-order valence-electron chi connectivity index (χ3n) is 3.09. The first-order chi connectivity index (χ1) is 10.0. The predicted molar refractivity (Wildman–Crippen MR) is 77.9 cm³/mol. The number of primary amides is 1. The number of carbonyl (C=O) groups is 1. The Morgan fingerprint density at radius 2 is 1.95 bits per heavy atom. The molecule has 2 rings (SSSR count). The summed E-state index contributed by atoms with van der Waals surface area (Å²) in [4.78, 5) is 11.6. The average molecular weight is 283 g/mol. The second kappa shape index (κ2) is 6.06. The van der Waals surface area contributed by atoms with Gasteiger partial charge in [-0.1, -0.05) is 23.8 Å². The molecule has 5 heteroatoms. The summed E-state index contributed by atoms with van der Waals surface area (Å²) in [6.07, 6.45) is 0. The number of anilines is 1. The summed E-state index contributed by atoms with van der Waals surface area (Å²) in [5.41, 5.74) is 7.53. The number of nitrogens with zero attached hydrogens (tertiary/aromatic N) is 1. The number of halogens is 1. The average Bonchev–Trinajstić information content (AvgIpc) is 2.47. The van der Waals surface area contributed by atoms with Gasteiger partial charge in [0.1, 0.15) is 17.9 Å². The van der Waals surface area contributed by atoms with Gasteiger partial charge in [0.15, 0.2) is 0 Å². The molecule has 3 N–H and O–H groups in total. The smallest absolute Gasteiger partial charge is 0.244 e. The Morgan fingerprint density at radius 1 is 1.29 bits per heavy atom. The largest absolute Gasteiger partial charge is 0.370 e. The predicted octanol–water partition coefficient (Wildman–Crippen LogP) is 2.64. The van der Waals surface area contributed by atoms with Crippen LogP contribution in [0.3, 0.4) is 0 Å². The SMILES string of the molecule is Cc1ccc(NC(C(N)=O)c2ccc(F)c(C#N)c2)cc1. The van der Waals surface area contributed by atoms with Crippen molar-refractivity contribution >= 4 is 11.6 Å². The summed E-state index contributed by atoms with van der Waals surface area (Å²) in [7, 11) is 0. The molecule has 106 valence electrons. The molecule has 1 amide bonds. The van der Waals surface area contributed by atoms with Crippen LogP contribution in [0, 0.1) is 24.1 Å². The lowest BCUT2D eigenvalue weighted by Crippen LogP contribution is -2.27. The van der Waals surface area contributed by atoms with Crippen LogP contribution in [0.25, 0.3) is 0 Å². The molecule has 21 heavy (non-hydrogen) atoms. The highest BCUT2D eigenvalue weighted by atomic mass is 19.1. The summed E-state index contributed by atoms with van der Waals surface area (Å²) < 4.78 is 13.3. The van der Waals surface area contributed by atoms with Crippen LogP contribution in [0.2, 0.25) is 0 Å². The molecule has 0 fully saturated rings. The number of hydrogen-bond acceptors (Lipinski definition) is 3. The van der Waals surface area contributed by atoms with E-state index in [9.17, 15) is 9.18 Å². The number of rotatable bonds is 4. The fraction of sp³-hybridized carbons (Fsp3) is 0.125. The number of benzene rings is 2. The van der Waals surface area contributed by atoms with Crippen LogP contribution in [-0.2, 0) is 4.79 Å². The molecule has 0 aliphatic rings. The van der Waals surface area contributed by atoms with Gasteiger partial charge in [0.05, 0.1) is 5.56 Å². The lowest BCUT2D eigenvalue weighted by atomic mass is 10.0. The molecule has 0 saturated heterocycles. The van der Waals surface area contributed by atoms with E-state index in [2.05, 4.69) is 5.32 Å². The first-order valence-electron chi connectivity index (χ1n) is 6.33. The Hall–Kier alpha value is -2.87. The molecule has 0 bridgehead atoms. The molecular weight excluding hydrogens is 269 g/mol. The Labute approximate surface area is 122 Å². The number of carbonyl (C=O) groups excluding carboxylic acids is 1. The number of aryl methyl sites for hydroxylation is 1. The third kappa shape index (κ3) is 3.37. The number of nitrogens with one attached hydrogen (secondary N) is 1. The molecule has 1 atom stereocenters. The number of amides is 1. The highest BCUT2D eigenvalue weighted by molar-refractivity contribution is 5.84. The third-order valence-corrected chi connectivity index (χ3v) is 3.09. The second-order valence-electron chi connectivity index (χ2n) is 4.70. The fourth-order valence-corrected chi connectivity index (χ4v) is 1.94. The summed E-state index contributed by atoms with van der Waals surface area (Å²) in [5.74, 6) is -1.23. The lowest BCUT2D eigenvalue weighted by Gasteiger charge is -2.17. The fourth-order valence-electron chi connectivity index (χ4n) is 1.94. The van der Waals surface area contributed by atoms with E-state index in [1.165, 1.54) is 12.1 Å². The lowest BCUT2D eigenvalue weighted by molar-refractivity contribution is -0.118. The Kier molecular flexibility index (Phi) is 4.19. The molecule has 0 aliphatic carbocycles. The molecule has 0 spiro atoms. The van der Waals surface area contributed by atoms with Crippen molar-refractivity contribution in [3.8, 4) is 6.07 Å². The molecule has 0 heterocycles. The molecule has 2 aromatic carbocycles. The van der Waals surface area contributed by atoms with Crippen molar-refractivity contribution in [2.75, 3.05) is 5.32 Å². The zero-order valence-corrected chi connectivity index (χ0v) is 11.4. The topological polar surface area (TPSA) is 78.9 Å². The van der Waals surface area contributed by atoms with Gasteiger partial charge in [-0.2, -0.15) is 5.26 Å². The molecule has 4 nitrogen and oxygen atoms in total. The van der Waals surface area contributed by atoms with Crippen molar-refractivity contribution in [3.05, 3.63) is 65.0 Å². The van der Waals surface area contributed by atoms with Crippen LogP contribution in [0.5, 0.6) is 0 Å². The van der Waals surface area contributed by atoms with Gasteiger partial charge in [-0.3, -0.25) is 4.79 Å². The highest BCUT2D eigenvalue weighted by Crippen LogP contribution is 2.22. The normalized spacial score (nSPS) is 11.5. The maximum atomic E-state index is 13.3. The van der Waals surface area contributed by atoms with Crippen LogP contribution in [0.15, 0.2) is 42.5 Å². The quantitative estimate of drug-likeness (QED) is 0.905. The minimum atomic E-state index is -0.833. The zero-order chi connectivity index (χ0) is 15.4. The maximum Gasteiger partial charge on any atom is 0.244 e. The molecule has 1 unspecified atom stereocenters. The second-order valence-corrected chi connectivity index (χ2v) is 4.70. The minimum Gasteiger partial charge on any atom is -0.370 e. The van der Waals surface area contributed by atoms with E-state index < -0.39 is 17.8 Å². The van der Waals surface area contributed by atoms with E-state index in [-0.39, 0.29) is 5.56 Å². The molecular formula is C16H14FN3O. The summed E-state index contributed by atoms with van der Waals surface area (Å²) in [6, 6.07) is 12.3. The first-order valence-corrected chi connectivity index (χ1v) is 6.33. The van der Waals surface area contributed by atoms with E-state index in [0.29, 0.717) is 11.3 Å². The Balaban J connectivity index is 2.33. The van der Waals surface area contributed by atoms with E-state index in [1.807, 2.05) is 31.2 Å². The van der Waals surface area contributed by atoms with Gasteiger partial charge in [0.25, 0.3) is 0 Å². The molecule has 2 aromatic rings. The first kappa shape index (κ1) is 14.5. The summed E-state index contributed by atoms with van der Waals surface area (Å²) >= 11 is 0. The molecule has 0 aliphatic heterocycles.